The van der Waals surface area contributed by atoms with E-state index in [0.717, 1.165) is 19.3 Å². The van der Waals surface area contributed by atoms with Crippen LogP contribution < -0.4 is 10.6 Å². The molecule has 4 saturated carbocycles. The van der Waals surface area contributed by atoms with E-state index in [4.69, 9.17) is 4.74 Å². The Hall–Kier alpha value is -2.44. The summed E-state index contributed by atoms with van der Waals surface area (Å²) in [6.45, 7) is -0.616. The van der Waals surface area contributed by atoms with Crippen molar-refractivity contribution in [2.24, 2.45) is 23.2 Å². The number of carbonyl (C=O) groups is 3. The molecule has 0 saturated heterocycles. The van der Waals surface area contributed by atoms with Gasteiger partial charge < -0.3 is 15.4 Å². The van der Waals surface area contributed by atoms with Crippen molar-refractivity contribution in [2.75, 3.05) is 18.5 Å². The van der Waals surface area contributed by atoms with Gasteiger partial charge >= 0.3 is 5.97 Å². The number of hydrogen-bond acceptors (Lipinski definition) is 4. The van der Waals surface area contributed by atoms with Gasteiger partial charge in [0.25, 0.3) is 5.91 Å². The van der Waals surface area contributed by atoms with Gasteiger partial charge in [0.2, 0.25) is 5.91 Å². The number of nitrogens with one attached hydrogen (secondary N) is 2. The molecular formula is C21H25FN2O4. The van der Waals surface area contributed by atoms with Gasteiger partial charge in [-0.1, -0.05) is 0 Å². The predicted molar refractivity (Wildman–Crippen MR) is 99.6 cm³/mol. The maximum Gasteiger partial charge on any atom is 0.312 e. The number of rotatable bonds is 6. The Balaban J connectivity index is 1.21. The molecule has 5 rings (SSSR count). The molecule has 4 fully saturated rings. The molecular weight excluding hydrogens is 363 g/mol. The van der Waals surface area contributed by atoms with Crippen molar-refractivity contribution in [2.45, 2.75) is 38.5 Å². The third-order valence-corrected chi connectivity index (χ3v) is 6.38. The number of ether oxygens (including phenoxy) is 1. The molecule has 0 unspecified atom stereocenters. The molecule has 150 valence electrons. The number of halogens is 1. The second-order valence-corrected chi connectivity index (χ2v) is 8.61. The van der Waals surface area contributed by atoms with Gasteiger partial charge in [-0.3, -0.25) is 14.4 Å². The maximum absolute atomic E-state index is 12.9. The van der Waals surface area contributed by atoms with Gasteiger partial charge in [-0.2, -0.15) is 0 Å². The summed E-state index contributed by atoms with van der Waals surface area (Å²) in [5, 5.41) is 4.99. The van der Waals surface area contributed by atoms with E-state index >= 15 is 0 Å². The van der Waals surface area contributed by atoms with Gasteiger partial charge in [-0.15, -0.1) is 0 Å². The van der Waals surface area contributed by atoms with Crippen molar-refractivity contribution in [3.8, 4) is 0 Å². The second-order valence-electron chi connectivity index (χ2n) is 8.61. The Morgan fingerprint density at radius 2 is 1.54 bits per heavy atom. The summed E-state index contributed by atoms with van der Waals surface area (Å²) in [6.07, 6.45) is 6.36. The van der Waals surface area contributed by atoms with E-state index in [2.05, 4.69) is 10.6 Å². The van der Waals surface area contributed by atoms with Crippen molar-refractivity contribution in [1.29, 1.82) is 0 Å². The fraction of sp³-hybridized carbons (Fsp3) is 0.571. The fourth-order valence-electron chi connectivity index (χ4n) is 5.61. The Labute approximate surface area is 163 Å². The molecule has 1 aromatic rings. The van der Waals surface area contributed by atoms with Gasteiger partial charge in [0.1, 0.15) is 5.82 Å². The van der Waals surface area contributed by atoms with Crippen molar-refractivity contribution in [1.82, 2.24) is 5.32 Å². The van der Waals surface area contributed by atoms with Crippen LogP contribution in [0.5, 0.6) is 0 Å². The molecule has 4 bridgehead atoms. The van der Waals surface area contributed by atoms with E-state index in [1.165, 1.54) is 43.5 Å². The smallest absolute Gasteiger partial charge is 0.312 e. The Morgan fingerprint density at radius 3 is 2.11 bits per heavy atom. The van der Waals surface area contributed by atoms with E-state index in [9.17, 15) is 18.8 Å². The minimum atomic E-state index is -0.507. The molecule has 7 heteroatoms. The van der Waals surface area contributed by atoms with Crippen molar-refractivity contribution in [3.05, 3.63) is 30.1 Å². The van der Waals surface area contributed by atoms with Crippen LogP contribution in [-0.4, -0.2) is 30.9 Å². The lowest BCUT2D eigenvalue weighted by molar-refractivity contribution is -0.173. The first-order valence-electron chi connectivity index (χ1n) is 9.91. The van der Waals surface area contributed by atoms with Gasteiger partial charge in [0.05, 0.1) is 12.0 Å². The van der Waals surface area contributed by atoms with Crippen molar-refractivity contribution < 1.29 is 23.5 Å². The predicted octanol–water partition coefficient (Wildman–Crippen LogP) is 2.64. The van der Waals surface area contributed by atoms with E-state index < -0.39 is 23.0 Å². The highest BCUT2D eigenvalue weighted by molar-refractivity contribution is 5.94. The third kappa shape index (κ3) is 4.03. The van der Waals surface area contributed by atoms with Gasteiger partial charge in [0, 0.05) is 5.69 Å². The third-order valence-electron chi connectivity index (χ3n) is 6.38. The lowest BCUT2D eigenvalue weighted by Crippen LogP contribution is -2.51. The maximum atomic E-state index is 12.9. The van der Waals surface area contributed by atoms with Crippen LogP contribution in [0.2, 0.25) is 0 Å². The summed E-state index contributed by atoms with van der Waals surface area (Å²) in [5.41, 5.74) is 0.0449. The Bertz CT molecular complexity index is 742. The minimum absolute atomic E-state index is 0.245. The van der Waals surface area contributed by atoms with Gasteiger partial charge in [-0.05, 0) is 80.5 Å². The van der Waals surface area contributed by atoms with Gasteiger partial charge in [0.15, 0.2) is 6.61 Å². The number of benzene rings is 1. The quantitative estimate of drug-likeness (QED) is 0.734. The summed E-state index contributed by atoms with van der Waals surface area (Å²) < 4.78 is 18.2. The van der Waals surface area contributed by atoms with Crippen LogP contribution in [0.4, 0.5) is 10.1 Å². The SMILES string of the molecule is O=C(COC(=O)C12CC3CC(CC(C3)C1)C2)NCC(=O)Nc1ccc(F)cc1. The molecule has 0 spiro atoms. The first-order chi connectivity index (χ1) is 13.4. The van der Waals surface area contributed by atoms with Crippen LogP contribution in [0.3, 0.4) is 0 Å². The van der Waals surface area contributed by atoms with Crippen molar-refractivity contribution in [3.63, 3.8) is 0 Å². The average molecular weight is 388 g/mol. The van der Waals surface area contributed by atoms with Gasteiger partial charge in [-0.25, -0.2) is 4.39 Å². The lowest BCUT2D eigenvalue weighted by Gasteiger charge is -2.55. The number of amides is 2. The Kier molecular flexibility index (Phi) is 5.08. The largest absolute Gasteiger partial charge is 0.455 e. The first kappa shape index (κ1) is 18.9. The molecule has 0 aromatic heterocycles. The summed E-state index contributed by atoms with van der Waals surface area (Å²) in [6, 6.07) is 5.33. The van der Waals surface area contributed by atoms with E-state index in [-0.39, 0.29) is 19.1 Å². The van der Waals surface area contributed by atoms with Crippen LogP contribution in [0.1, 0.15) is 38.5 Å². The summed E-state index contributed by atoms with van der Waals surface area (Å²) in [5.74, 6) is 0.290. The zero-order chi connectivity index (χ0) is 19.7. The molecule has 28 heavy (non-hydrogen) atoms. The van der Waals surface area contributed by atoms with E-state index in [0.29, 0.717) is 23.4 Å². The zero-order valence-corrected chi connectivity index (χ0v) is 15.7. The number of esters is 1. The first-order valence-corrected chi connectivity index (χ1v) is 9.91. The standard InChI is InChI=1S/C21H25FN2O4/c22-16-1-3-17(4-2-16)24-18(25)11-23-19(26)12-28-20(27)21-8-13-5-14(9-21)7-15(6-13)10-21/h1-4,13-15H,5-12H2,(H,23,26)(H,24,25). The summed E-state index contributed by atoms with van der Waals surface area (Å²) >= 11 is 0. The average Bonchev–Trinajstić information content (AvgIpc) is 2.65. The van der Waals surface area contributed by atoms with Crippen LogP contribution in [0.25, 0.3) is 0 Å². The second kappa shape index (κ2) is 7.53. The molecule has 0 aliphatic heterocycles. The molecule has 0 heterocycles. The minimum Gasteiger partial charge on any atom is -0.455 e. The fourth-order valence-corrected chi connectivity index (χ4v) is 5.61. The topological polar surface area (TPSA) is 84.5 Å². The number of anilines is 1. The van der Waals surface area contributed by atoms with Crippen LogP contribution >= 0.6 is 0 Å². The molecule has 6 nitrogen and oxygen atoms in total. The molecule has 4 aliphatic rings. The molecule has 4 aliphatic carbocycles. The number of hydrogen-bond donors (Lipinski definition) is 2. The van der Waals surface area contributed by atoms with E-state index in [1.54, 1.807) is 0 Å². The molecule has 2 N–H and O–H groups in total. The van der Waals surface area contributed by atoms with E-state index in [1.807, 2.05) is 0 Å². The highest BCUT2D eigenvalue weighted by atomic mass is 19.1. The highest BCUT2D eigenvalue weighted by Gasteiger charge is 2.55. The highest BCUT2D eigenvalue weighted by Crippen LogP contribution is 2.60. The Morgan fingerprint density at radius 1 is 0.964 bits per heavy atom. The lowest BCUT2D eigenvalue weighted by atomic mass is 9.49. The van der Waals surface area contributed by atoms with Crippen LogP contribution in [0, 0.1) is 29.0 Å². The normalized spacial score (nSPS) is 30.0. The van der Waals surface area contributed by atoms with Crippen LogP contribution in [0.15, 0.2) is 24.3 Å². The summed E-state index contributed by atoms with van der Waals surface area (Å²) in [4.78, 5) is 36.5. The van der Waals surface area contributed by atoms with Crippen LogP contribution in [-0.2, 0) is 19.1 Å². The molecule has 2 amide bonds. The molecule has 1 aromatic carbocycles. The van der Waals surface area contributed by atoms with Crippen molar-refractivity contribution >= 4 is 23.5 Å². The zero-order valence-electron chi connectivity index (χ0n) is 15.7. The molecule has 0 radical (unpaired) electrons. The number of carbonyl (C=O) groups excluding carboxylic acids is 3. The molecule has 0 atom stereocenters. The monoisotopic (exact) mass is 388 g/mol. The summed E-state index contributed by atoms with van der Waals surface area (Å²) in [7, 11) is 0.